The lowest BCUT2D eigenvalue weighted by atomic mass is 9.78. The lowest BCUT2D eigenvalue weighted by Gasteiger charge is -2.32. The summed E-state index contributed by atoms with van der Waals surface area (Å²) >= 11 is 5.88. The van der Waals surface area contributed by atoms with E-state index < -0.39 is 7.12 Å². The number of hydrogen-bond donors (Lipinski definition) is 0. The Bertz CT molecular complexity index is 9750. The number of fused-ring (bicyclic) bond motifs is 28. The van der Waals surface area contributed by atoms with Crippen LogP contribution in [0.25, 0.3) is 185 Å². The molecule has 1 aliphatic rings. The Kier molecular flexibility index (Phi) is 24.6. The van der Waals surface area contributed by atoms with E-state index >= 15 is 0 Å². The molecule has 14 aromatic carbocycles. The number of halogens is 1. The molecule has 20 aromatic rings. The van der Waals surface area contributed by atoms with Gasteiger partial charge in [-0.3, -0.25) is 9.97 Å². The van der Waals surface area contributed by atoms with Crippen LogP contribution in [-0.2, 0) is 9.31 Å². The maximum absolute atomic E-state index is 6.52. The van der Waals surface area contributed by atoms with Gasteiger partial charge in [-0.2, -0.15) is 0 Å². The van der Waals surface area contributed by atoms with Crippen LogP contribution < -0.4 is 5.46 Å². The average Bonchev–Trinajstić information content (AvgIpc) is 1.71. The fraction of sp³-hybridized carbons (Fsp3) is 0.0569. The summed E-state index contributed by atoms with van der Waals surface area (Å²) in [6.45, 7) is 10.0. The number of hydrogen-bond acceptors (Lipinski definition) is 8. The monoisotopic (exact) mass is 1700 g/mol. The van der Waals surface area contributed by atoms with Gasteiger partial charge in [-0.05, 0) is 300 Å². The molecule has 0 bridgehead atoms. The molecule has 1 aliphatic heterocycles. The molecule has 7 heterocycles. The van der Waals surface area contributed by atoms with Crippen molar-refractivity contribution in [3.8, 4) is 225 Å². The molecule has 0 saturated carbocycles. The first-order chi connectivity index (χ1) is 65.4. The summed E-state index contributed by atoms with van der Waals surface area (Å²) in [6, 6.07) is 89.8. The predicted octanol–water partition coefficient (Wildman–Crippen LogP) is 23.6. The molecule has 0 atom stereocenters. The topological polar surface area (TPSA) is 96.3 Å². The minimum atomic E-state index is -0.411. The van der Waals surface area contributed by atoms with Crippen LogP contribution >= 0.6 is 11.6 Å². The fourth-order valence-corrected chi connectivity index (χ4v) is 16.1. The van der Waals surface area contributed by atoms with Gasteiger partial charge in [0.25, 0.3) is 0 Å². The minimum absolute atomic E-state index is 0.385. The maximum Gasteiger partial charge on any atom is 0.494 e. The van der Waals surface area contributed by atoms with Crippen molar-refractivity contribution in [3.63, 3.8) is 0 Å². The van der Waals surface area contributed by atoms with E-state index in [-0.39, 0.29) is 11.2 Å². The molecule has 133 heavy (non-hydrogen) atoms. The first kappa shape index (κ1) is 84.6. The summed E-state index contributed by atoms with van der Waals surface area (Å²) in [5.74, 6) is 86.9. The Morgan fingerprint density at radius 2 is 0.609 bits per heavy atom. The van der Waals surface area contributed by atoms with Crippen LogP contribution in [0.3, 0.4) is 0 Å². The number of benzene rings is 14. The highest BCUT2D eigenvalue weighted by Gasteiger charge is 2.52. The molecule has 0 unspecified atom stereocenters. The van der Waals surface area contributed by atoms with E-state index in [1.54, 1.807) is 19.2 Å². The zero-order chi connectivity index (χ0) is 90.9. The third-order valence-corrected chi connectivity index (χ3v) is 22.7. The zero-order valence-corrected chi connectivity index (χ0v) is 72.6. The van der Waals surface area contributed by atoms with Gasteiger partial charge in [0.05, 0.1) is 39.0 Å². The Balaban J connectivity index is 0.000000124. The molecule has 1 fully saturated rings. The SMILES string of the molecule is C#CC#CC#CC#CC#CC#CC#CC#CC#CC#CC#CC#CC#CC#CC#CC#CC#CC#CC.CC1(C)OB(c2ccc3oc4cc5c(cc4c3c2)c2ccccc2c2ccc3ccccc3c25)OC1(C)C.Clc1ccc2ccc3cccnc3c2n1.c1ccc2c(c1)ccc1c3ccccc3c3cc4c(cc3c21)oc1ccc(-c2ccc3ccc5cccnc5c3n2)cc14. The van der Waals surface area contributed by atoms with Crippen LogP contribution in [0.2, 0.25) is 5.15 Å². The zero-order valence-electron chi connectivity index (χ0n) is 71.9. The second kappa shape index (κ2) is 38.7. The minimum Gasteiger partial charge on any atom is -0.456 e. The smallest absolute Gasteiger partial charge is 0.456 e. The van der Waals surface area contributed by atoms with Crippen molar-refractivity contribution in [1.82, 2.24) is 19.9 Å². The molecule has 6 aromatic heterocycles. The van der Waals surface area contributed by atoms with Crippen LogP contribution in [0.15, 0.2) is 276 Å². The lowest BCUT2D eigenvalue weighted by molar-refractivity contribution is 0.00578. The Morgan fingerprint density at radius 3 is 1.04 bits per heavy atom. The van der Waals surface area contributed by atoms with Crippen molar-refractivity contribution in [2.75, 3.05) is 0 Å². The van der Waals surface area contributed by atoms with E-state index in [0.29, 0.717) is 5.15 Å². The summed E-state index contributed by atoms with van der Waals surface area (Å²) in [6.07, 6.45) is 8.53. The molecule has 8 nitrogen and oxygen atoms in total. The average molecular weight is 1700 g/mol. The Hall–Kier alpha value is -19.2. The van der Waals surface area contributed by atoms with Gasteiger partial charge in [0.1, 0.15) is 27.5 Å². The van der Waals surface area contributed by atoms with Crippen molar-refractivity contribution < 1.29 is 18.1 Å². The summed E-state index contributed by atoms with van der Waals surface area (Å²) in [5.41, 5.74) is 9.35. The van der Waals surface area contributed by atoms with Crippen molar-refractivity contribution in [2.45, 2.75) is 45.8 Å². The quantitative estimate of drug-likeness (QED) is 0.0731. The normalized spacial score (nSPS) is 11.2. The van der Waals surface area contributed by atoms with Gasteiger partial charge in [-0.1, -0.05) is 193 Å². The van der Waals surface area contributed by atoms with Crippen LogP contribution in [0.1, 0.15) is 34.6 Å². The van der Waals surface area contributed by atoms with Crippen LogP contribution in [0, 0.1) is 214 Å². The molecule has 0 spiro atoms. The second-order valence-corrected chi connectivity index (χ2v) is 31.2. The van der Waals surface area contributed by atoms with Crippen molar-refractivity contribution in [2.24, 2.45) is 0 Å². The van der Waals surface area contributed by atoms with E-state index in [0.717, 1.165) is 104 Å². The van der Waals surface area contributed by atoms with Crippen LogP contribution in [0.4, 0.5) is 0 Å². The highest BCUT2D eigenvalue weighted by atomic mass is 35.5. The molecule has 0 amide bonds. The van der Waals surface area contributed by atoms with Crippen molar-refractivity contribution in [1.29, 1.82) is 0 Å². The molecule has 606 valence electrons. The van der Waals surface area contributed by atoms with Gasteiger partial charge in [0.15, 0.2) is 0 Å². The van der Waals surface area contributed by atoms with Gasteiger partial charge in [0.2, 0.25) is 0 Å². The number of aromatic nitrogens is 4. The van der Waals surface area contributed by atoms with Crippen LogP contribution in [0.5, 0.6) is 0 Å². The predicted molar refractivity (Wildman–Crippen MR) is 548 cm³/mol. The van der Waals surface area contributed by atoms with Gasteiger partial charge >= 0.3 is 7.12 Å². The van der Waals surface area contributed by atoms with Gasteiger partial charge < -0.3 is 18.1 Å². The van der Waals surface area contributed by atoms with Crippen LogP contribution in [-0.4, -0.2) is 38.3 Å². The van der Waals surface area contributed by atoms with E-state index in [9.17, 15) is 0 Å². The Morgan fingerprint density at radius 1 is 0.271 bits per heavy atom. The fourth-order valence-electron chi connectivity index (χ4n) is 15.9. The molecule has 0 radical (unpaired) electrons. The van der Waals surface area contributed by atoms with Gasteiger partial charge in [-0.15, -0.1) is 6.42 Å². The maximum atomic E-state index is 6.52. The molecule has 0 aliphatic carbocycles. The first-order valence-electron chi connectivity index (χ1n) is 41.8. The van der Waals surface area contributed by atoms with E-state index in [1.165, 1.54) is 86.2 Å². The number of rotatable bonds is 2. The third-order valence-electron chi connectivity index (χ3n) is 22.5. The van der Waals surface area contributed by atoms with Gasteiger partial charge in [-0.25, -0.2) is 9.97 Å². The van der Waals surface area contributed by atoms with E-state index in [4.69, 9.17) is 41.2 Å². The van der Waals surface area contributed by atoms with Crippen molar-refractivity contribution in [3.05, 3.63) is 272 Å². The molecule has 1 saturated heterocycles. The third kappa shape index (κ3) is 18.2. The first-order valence-corrected chi connectivity index (χ1v) is 42.2. The Labute approximate surface area is 773 Å². The number of pyridine rings is 4. The van der Waals surface area contributed by atoms with E-state index in [2.05, 4.69) is 456 Å². The summed E-state index contributed by atoms with van der Waals surface area (Å²) in [5, 5.41) is 29.3. The number of terminal acetylenes is 1. The molecular formula is C123H60BClN4O4. The van der Waals surface area contributed by atoms with Gasteiger partial charge in [0, 0.05) is 168 Å². The number of furan rings is 2. The lowest BCUT2D eigenvalue weighted by Crippen LogP contribution is -2.41. The van der Waals surface area contributed by atoms with E-state index in [1.807, 2.05) is 48.7 Å². The highest BCUT2D eigenvalue weighted by Crippen LogP contribution is 2.46. The number of nitrogens with zero attached hydrogens (tertiary/aromatic N) is 4. The second-order valence-electron chi connectivity index (χ2n) is 30.8. The molecule has 21 rings (SSSR count). The molecule has 10 heteroatoms. The van der Waals surface area contributed by atoms with Crippen molar-refractivity contribution >= 4 is 198 Å². The molecular weight excluding hydrogens is 1640 g/mol. The summed E-state index contributed by atoms with van der Waals surface area (Å²) < 4.78 is 25.7. The molecule has 0 N–H and O–H groups in total. The summed E-state index contributed by atoms with van der Waals surface area (Å²) in [4.78, 5) is 18.4. The largest absolute Gasteiger partial charge is 0.494 e. The summed E-state index contributed by atoms with van der Waals surface area (Å²) in [7, 11) is -0.411. The standard InChI is InChI=1S/C40H22N2O.C37H4.C34H27BO3.C12H7ClN2/c1-2-8-27-23(6-1)13-16-30-28-9-3-4-10-29(28)31-21-33-32-20-26(15-18-36(32)43-37(33)22-34(31)38(27)30)35-17-14-25-12-11-24-7-5-19-41-39(24)40(25)42-35;1-3-5-7-9-11-13-15-17-19-21-23-25-27-29-31-33-35-37-36-34-32-30-28-26-24-22-20-18-16-14-12-10-8-6-4-2;1-33(2)34(3,4)38-35(37-33)21-14-16-30-27(17-21)28-18-26-24-12-8-7-11-23(24)25-15-13-20-9-5-6-10-22(20)32(25)29(26)19-31(28)36-30;13-10-6-5-9-4-3-8-2-1-7-14-11(8)12(9)15-10/h1-22H;1H,2H3;5-19H,1-4H3;1-7H. The highest BCUT2D eigenvalue weighted by molar-refractivity contribution is 6.62.